The van der Waals surface area contributed by atoms with Gasteiger partial charge in [0, 0.05) is 37.1 Å². The van der Waals surface area contributed by atoms with Crippen LogP contribution in [0.5, 0.6) is 0 Å². The Labute approximate surface area is 164 Å². The first kappa shape index (κ1) is 19.4. The molecule has 1 amide bonds. The van der Waals surface area contributed by atoms with Crippen molar-refractivity contribution in [3.8, 4) is 0 Å². The quantitative estimate of drug-likeness (QED) is 0.654. The summed E-state index contributed by atoms with van der Waals surface area (Å²) in [5.74, 6) is -0.364. The van der Waals surface area contributed by atoms with Gasteiger partial charge < -0.3 is 9.42 Å². The first-order valence-electron chi connectivity index (χ1n) is 9.44. The molecule has 3 aromatic heterocycles. The maximum Gasteiger partial charge on any atom is 0.417 e. The molecule has 1 fully saturated rings. The van der Waals surface area contributed by atoms with Gasteiger partial charge in [-0.1, -0.05) is 12.1 Å². The van der Waals surface area contributed by atoms with E-state index in [1.165, 1.54) is 6.20 Å². The average Bonchev–Trinajstić information content (AvgIpc) is 3.16. The highest BCUT2D eigenvalue weighted by atomic mass is 19.4. The lowest BCUT2D eigenvalue weighted by Gasteiger charge is -2.31. The highest BCUT2D eigenvalue weighted by molar-refractivity contribution is 5.94. The van der Waals surface area contributed by atoms with Crippen LogP contribution >= 0.6 is 0 Å². The molecule has 152 valence electrons. The molecule has 4 rings (SSSR count). The smallest absolute Gasteiger partial charge is 0.339 e. The molecule has 0 N–H and O–H groups in total. The van der Waals surface area contributed by atoms with Crippen molar-refractivity contribution in [2.45, 2.75) is 38.3 Å². The number of pyridine rings is 2. The van der Waals surface area contributed by atoms with Crippen LogP contribution in [0.4, 0.5) is 13.2 Å². The molecule has 0 saturated carbocycles. The van der Waals surface area contributed by atoms with E-state index in [1.807, 2.05) is 0 Å². The normalized spacial score (nSPS) is 15.8. The molecule has 6 nitrogen and oxygen atoms in total. The van der Waals surface area contributed by atoms with Gasteiger partial charge in [-0.25, -0.2) is 4.98 Å². The van der Waals surface area contributed by atoms with Gasteiger partial charge in [0.25, 0.3) is 11.6 Å². The third-order valence-corrected chi connectivity index (χ3v) is 5.27. The summed E-state index contributed by atoms with van der Waals surface area (Å²) >= 11 is 0. The number of fused-ring (bicyclic) bond motifs is 1. The number of hydrogen-bond acceptors (Lipinski definition) is 5. The molecule has 0 atom stereocenters. The van der Waals surface area contributed by atoms with Crippen LogP contribution in [0, 0.1) is 0 Å². The SMILES string of the molecule is CCc1cc(C(F)(F)F)c2c(C3CCN(C(=O)c4cccnc4)CC3)noc2n1. The zero-order valence-electron chi connectivity index (χ0n) is 15.7. The van der Waals surface area contributed by atoms with E-state index < -0.39 is 11.7 Å². The molecule has 0 aliphatic carbocycles. The molecular weight excluding hydrogens is 385 g/mol. The number of halogens is 3. The van der Waals surface area contributed by atoms with E-state index in [4.69, 9.17) is 4.52 Å². The van der Waals surface area contributed by atoms with Gasteiger partial charge in [0.1, 0.15) is 0 Å². The van der Waals surface area contributed by atoms with Crippen molar-refractivity contribution < 1.29 is 22.5 Å². The highest BCUT2D eigenvalue weighted by Crippen LogP contribution is 2.40. The highest BCUT2D eigenvalue weighted by Gasteiger charge is 2.38. The Bertz CT molecular complexity index is 1030. The minimum atomic E-state index is -4.53. The van der Waals surface area contributed by atoms with E-state index in [0.29, 0.717) is 43.6 Å². The first-order valence-corrected chi connectivity index (χ1v) is 9.44. The summed E-state index contributed by atoms with van der Waals surface area (Å²) in [5, 5.41) is 3.88. The number of amides is 1. The number of carbonyl (C=O) groups excluding carboxylic acids is 1. The number of alkyl halides is 3. The van der Waals surface area contributed by atoms with E-state index in [-0.39, 0.29) is 28.6 Å². The molecule has 0 radical (unpaired) electrons. The van der Waals surface area contributed by atoms with Crippen molar-refractivity contribution in [3.05, 3.63) is 53.1 Å². The Kier molecular flexibility index (Phi) is 4.97. The molecular formula is C20H19F3N4O2. The maximum absolute atomic E-state index is 13.7. The van der Waals surface area contributed by atoms with Crippen LogP contribution in [-0.4, -0.2) is 39.0 Å². The Balaban J connectivity index is 1.60. The lowest BCUT2D eigenvalue weighted by molar-refractivity contribution is -0.136. The van der Waals surface area contributed by atoms with Crippen molar-refractivity contribution in [1.82, 2.24) is 20.0 Å². The topological polar surface area (TPSA) is 72.1 Å². The fourth-order valence-electron chi connectivity index (χ4n) is 3.74. The number of carbonyl (C=O) groups is 1. The Morgan fingerprint density at radius 2 is 2.07 bits per heavy atom. The zero-order valence-corrected chi connectivity index (χ0v) is 15.7. The van der Waals surface area contributed by atoms with Crippen LogP contribution in [0.3, 0.4) is 0 Å². The third kappa shape index (κ3) is 3.68. The van der Waals surface area contributed by atoms with E-state index >= 15 is 0 Å². The number of aromatic nitrogens is 3. The Morgan fingerprint density at radius 1 is 1.31 bits per heavy atom. The Morgan fingerprint density at radius 3 is 2.69 bits per heavy atom. The van der Waals surface area contributed by atoms with Crippen LogP contribution < -0.4 is 0 Å². The van der Waals surface area contributed by atoms with Crippen LogP contribution in [0.2, 0.25) is 0 Å². The first-order chi connectivity index (χ1) is 13.9. The zero-order chi connectivity index (χ0) is 20.6. The standard InChI is InChI=1S/C20H19F3N4O2/c1-2-14-10-15(20(21,22)23)16-17(26-29-18(16)25-14)12-5-8-27(9-6-12)19(28)13-4-3-7-24-11-13/h3-4,7,10-12H,2,5-6,8-9H2,1H3. The molecule has 29 heavy (non-hydrogen) atoms. The lowest BCUT2D eigenvalue weighted by Crippen LogP contribution is -2.38. The van der Waals surface area contributed by atoms with E-state index in [0.717, 1.165) is 6.07 Å². The second kappa shape index (κ2) is 7.46. The van der Waals surface area contributed by atoms with Gasteiger partial charge in [-0.05, 0) is 37.5 Å². The van der Waals surface area contributed by atoms with E-state index in [2.05, 4.69) is 15.1 Å². The minimum Gasteiger partial charge on any atom is -0.339 e. The predicted molar refractivity (Wildman–Crippen MR) is 98.3 cm³/mol. The molecule has 0 bridgehead atoms. The van der Waals surface area contributed by atoms with Gasteiger partial charge in [-0.2, -0.15) is 13.2 Å². The monoisotopic (exact) mass is 404 g/mol. The molecule has 1 aliphatic rings. The van der Waals surface area contributed by atoms with Crippen molar-refractivity contribution in [1.29, 1.82) is 0 Å². The largest absolute Gasteiger partial charge is 0.417 e. The molecule has 0 unspecified atom stereocenters. The molecule has 3 aromatic rings. The fraction of sp³-hybridized carbons (Fsp3) is 0.400. The van der Waals surface area contributed by atoms with Gasteiger partial charge in [0.05, 0.1) is 22.2 Å². The molecule has 1 aliphatic heterocycles. The van der Waals surface area contributed by atoms with Crippen molar-refractivity contribution in [3.63, 3.8) is 0 Å². The molecule has 1 saturated heterocycles. The van der Waals surface area contributed by atoms with E-state index in [9.17, 15) is 18.0 Å². The average molecular weight is 404 g/mol. The summed E-state index contributed by atoms with van der Waals surface area (Å²) in [6.45, 7) is 2.59. The summed E-state index contributed by atoms with van der Waals surface area (Å²) < 4.78 is 46.1. The summed E-state index contributed by atoms with van der Waals surface area (Å²) in [4.78, 5) is 22.4. The summed E-state index contributed by atoms with van der Waals surface area (Å²) in [7, 11) is 0. The van der Waals surface area contributed by atoms with Crippen LogP contribution in [-0.2, 0) is 12.6 Å². The van der Waals surface area contributed by atoms with Crippen molar-refractivity contribution in [2.75, 3.05) is 13.1 Å². The third-order valence-electron chi connectivity index (χ3n) is 5.27. The van der Waals surface area contributed by atoms with Gasteiger partial charge in [0.15, 0.2) is 0 Å². The fourth-order valence-corrected chi connectivity index (χ4v) is 3.74. The molecule has 9 heteroatoms. The van der Waals surface area contributed by atoms with Gasteiger partial charge >= 0.3 is 6.18 Å². The van der Waals surface area contributed by atoms with Crippen LogP contribution in [0.25, 0.3) is 11.1 Å². The molecule has 4 heterocycles. The number of nitrogens with zero attached hydrogens (tertiary/aromatic N) is 4. The van der Waals surface area contributed by atoms with Gasteiger partial charge in [-0.3, -0.25) is 9.78 Å². The second-order valence-electron chi connectivity index (χ2n) is 7.07. The second-order valence-corrected chi connectivity index (χ2v) is 7.07. The number of piperidine rings is 1. The summed E-state index contributed by atoms with van der Waals surface area (Å²) in [5.41, 5.74) is 0.235. The summed E-state index contributed by atoms with van der Waals surface area (Å²) in [6.07, 6.45) is -0.0612. The van der Waals surface area contributed by atoms with Crippen LogP contribution in [0.15, 0.2) is 35.1 Å². The number of hydrogen-bond donors (Lipinski definition) is 0. The van der Waals surface area contributed by atoms with Crippen molar-refractivity contribution in [2.24, 2.45) is 0 Å². The van der Waals surface area contributed by atoms with Crippen LogP contribution in [0.1, 0.15) is 53.0 Å². The number of aryl methyl sites for hydroxylation is 1. The van der Waals surface area contributed by atoms with Gasteiger partial charge in [-0.15, -0.1) is 0 Å². The number of rotatable bonds is 3. The number of likely N-dealkylation sites (tertiary alicyclic amines) is 1. The predicted octanol–water partition coefficient (Wildman–Crippen LogP) is 4.22. The molecule has 0 spiro atoms. The maximum atomic E-state index is 13.7. The van der Waals surface area contributed by atoms with E-state index in [1.54, 1.807) is 30.2 Å². The Hall–Kier alpha value is -2.97. The van der Waals surface area contributed by atoms with Gasteiger partial charge in [0.2, 0.25) is 0 Å². The summed E-state index contributed by atoms with van der Waals surface area (Å²) in [6, 6.07) is 4.46. The molecule has 0 aromatic carbocycles. The minimum absolute atomic E-state index is 0.0632. The van der Waals surface area contributed by atoms with Crippen molar-refractivity contribution >= 4 is 17.0 Å². The lowest BCUT2D eigenvalue weighted by atomic mass is 9.90.